The van der Waals surface area contributed by atoms with Crippen molar-refractivity contribution in [2.75, 3.05) is 20.2 Å². The zero-order valence-electron chi connectivity index (χ0n) is 10.8. The largest absolute Gasteiger partial charge is 0.469 e. The average molecular weight is 242 g/mol. The summed E-state index contributed by atoms with van der Waals surface area (Å²) < 4.78 is 4.57. The molecule has 1 aliphatic rings. The second kappa shape index (κ2) is 6.00. The molecule has 0 bridgehead atoms. The SMILES string of the molecule is COC(=O)CC(C)NC(=O)C1(C)CCCNC1. The topological polar surface area (TPSA) is 67.4 Å². The first-order valence-electron chi connectivity index (χ1n) is 6.06. The first-order valence-corrected chi connectivity index (χ1v) is 6.06. The molecule has 0 saturated carbocycles. The molecule has 0 aliphatic carbocycles. The van der Waals surface area contributed by atoms with Crippen LogP contribution in [0.2, 0.25) is 0 Å². The molecule has 17 heavy (non-hydrogen) atoms. The third kappa shape index (κ3) is 4.00. The van der Waals surface area contributed by atoms with E-state index in [0.717, 1.165) is 19.4 Å². The van der Waals surface area contributed by atoms with E-state index in [1.807, 2.05) is 13.8 Å². The van der Waals surface area contributed by atoms with Gasteiger partial charge in [0.1, 0.15) is 0 Å². The second-order valence-corrected chi connectivity index (χ2v) is 5.00. The van der Waals surface area contributed by atoms with Crippen LogP contribution in [-0.2, 0) is 14.3 Å². The Balaban J connectivity index is 2.44. The molecule has 0 aromatic heterocycles. The summed E-state index contributed by atoms with van der Waals surface area (Å²) in [7, 11) is 1.35. The molecule has 0 radical (unpaired) electrons. The van der Waals surface area contributed by atoms with E-state index in [2.05, 4.69) is 15.4 Å². The summed E-state index contributed by atoms with van der Waals surface area (Å²) in [6, 6.07) is -0.186. The first-order chi connectivity index (χ1) is 7.98. The van der Waals surface area contributed by atoms with Gasteiger partial charge in [0, 0.05) is 12.6 Å². The van der Waals surface area contributed by atoms with Gasteiger partial charge in [-0.25, -0.2) is 0 Å². The molecule has 0 spiro atoms. The Bertz CT molecular complexity index is 285. The highest BCUT2D eigenvalue weighted by molar-refractivity contribution is 5.83. The lowest BCUT2D eigenvalue weighted by molar-refractivity contribution is -0.141. The summed E-state index contributed by atoms with van der Waals surface area (Å²) in [5.74, 6) is -0.286. The number of carbonyl (C=O) groups is 2. The number of hydrogen-bond donors (Lipinski definition) is 2. The Kier molecular flexibility index (Phi) is 4.93. The molecule has 98 valence electrons. The molecule has 1 rings (SSSR count). The van der Waals surface area contributed by atoms with E-state index >= 15 is 0 Å². The van der Waals surface area contributed by atoms with Gasteiger partial charge in [0.15, 0.2) is 0 Å². The zero-order chi connectivity index (χ0) is 12.9. The van der Waals surface area contributed by atoms with Crippen molar-refractivity contribution >= 4 is 11.9 Å². The van der Waals surface area contributed by atoms with Crippen molar-refractivity contribution < 1.29 is 14.3 Å². The molecule has 2 atom stereocenters. The van der Waals surface area contributed by atoms with Gasteiger partial charge in [0.2, 0.25) is 5.91 Å². The van der Waals surface area contributed by atoms with Crippen molar-refractivity contribution in [3.8, 4) is 0 Å². The number of ether oxygens (including phenoxy) is 1. The Labute approximate surface area is 102 Å². The van der Waals surface area contributed by atoms with E-state index in [-0.39, 0.29) is 29.8 Å². The van der Waals surface area contributed by atoms with Gasteiger partial charge in [-0.15, -0.1) is 0 Å². The second-order valence-electron chi connectivity index (χ2n) is 5.00. The molecule has 1 amide bonds. The minimum atomic E-state index is -0.359. The molecule has 1 saturated heterocycles. The quantitative estimate of drug-likeness (QED) is 0.702. The number of piperidine rings is 1. The molecule has 1 heterocycles. The van der Waals surface area contributed by atoms with Crippen LogP contribution in [0.5, 0.6) is 0 Å². The Morgan fingerprint density at radius 3 is 2.76 bits per heavy atom. The molecule has 1 aliphatic heterocycles. The van der Waals surface area contributed by atoms with Crippen molar-refractivity contribution in [2.45, 2.75) is 39.2 Å². The van der Waals surface area contributed by atoms with Crippen LogP contribution in [-0.4, -0.2) is 38.1 Å². The van der Waals surface area contributed by atoms with Gasteiger partial charge in [-0.3, -0.25) is 9.59 Å². The summed E-state index contributed by atoms with van der Waals surface area (Å²) in [5, 5.41) is 6.10. The molecular formula is C12H22N2O3. The number of methoxy groups -OCH3 is 1. The van der Waals surface area contributed by atoms with Gasteiger partial charge in [-0.2, -0.15) is 0 Å². The van der Waals surface area contributed by atoms with Gasteiger partial charge in [-0.05, 0) is 33.2 Å². The maximum absolute atomic E-state index is 12.1. The molecule has 5 heteroatoms. The summed E-state index contributed by atoms with van der Waals surface area (Å²) in [4.78, 5) is 23.2. The van der Waals surface area contributed by atoms with Crippen LogP contribution in [0, 0.1) is 5.41 Å². The number of nitrogens with one attached hydrogen (secondary N) is 2. The van der Waals surface area contributed by atoms with Crippen LogP contribution in [0.25, 0.3) is 0 Å². The molecule has 1 fully saturated rings. The van der Waals surface area contributed by atoms with Crippen molar-refractivity contribution in [1.82, 2.24) is 10.6 Å². The van der Waals surface area contributed by atoms with Crippen LogP contribution in [0.3, 0.4) is 0 Å². The highest BCUT2D eigenvalue weighted by Crippen LogP contribution is 2.25. The fraction of sp³-hybridized carbons (Fsp3) is 0.833. The van der Waals surface area contributed by atoms with E-state index in [4.69, 9.17) is 0 Å². The van der Waals surface area contributed by atoms with E-state index in [1.165, 1.54) is 7.11 Å². The van der Waals surface area contributed by atoms with E-state index < -0.39 is 0 Å². The Morgan fingerprint density at radius 1 is 1.53 bits per heavy atom. The van der Waals surface area contributed by atoms with Gasteiger partial charge in [-0.1, -0.05) is 0 Å². The lowest BCUT2D eigenvalue weighted by Crippen LogP contribution is -2.51. The summed E-state index contributed by atoms with van der Waals surface area (Å²) in [5.41, 5.74) is -0.359. The predicted octanol–water partition coefficient (Wildman–Crippen LogP) is 0.444. The summed E-state index contributed by atoms with van der Waals surface area (Å²) >= 11 is 0. The average Bonchev–Trinajstić information content (AvgIpc) is 2.29. The van der Waals surface area contributed by atoms with Crippen molar-refractivity contribution in [3.63, 3.8) is 0 Å². The first kappa shape index (κ1) is 14.0. The van der Waals surface area contributed by atoms with Crippen molar-refractivity contribution in [3.05, 3.63) is 0 Å². The fourth-order valence-corrected chi connectivity index (χ4v) is 2.03. The molecular weight excluding hydrogens is 220 g/mol. The minimum Gasteiger partial charge on any atom is -0.469 e. The highest BCUT2D eigenvalue weighted by atomic mass is 16.5. The number of rotatable bonds is 4. The maximum atomic E-state index is 12.1. The molecule has 5 nitrogen and oxygen atoms in total. The van der Waals surface area contributed by atoms with E-state index in [0.29, 0.717) is 6.54 Å². The van der Waals surface area contributed by atoms with Crippen molar-refractivity contribution in [2.24, 2.45) is 5.41 Å². The van der Waals surface area contributed by atoms with Crippen molar-refractivity contribution in [1.29, 1.82) is 0 Å². The lowest BCUT2D eigenvalue weighted by atomic mass is 9.81. The summed E-state index contributed by atoms with van der Waals surface area (Å²) in [6.45, 7) is 5.44. The van der Waals surface area contributed by atoms with Gasteiger partial charge < -0.3 is 15.4 Å². The fourth-order valence-electron chi connectivity index (χ4n) is 2.03. The van der Waals surface area contributed by atoms with Gasteiger partial charge in [0.25, 0.3) is 0 Å². The third-order valence-corrected chi connectivity index (χ3v) is 3.22. The van der Waals surface area contributed by atoms with Gasteiger partial charge >= 0.3 is 5.97 Å². The lowest BCUT2D eigenvalue weighted by Gasteiger charge is -2.33. The monoisotopic (exact) mass is 242 g/mol. The van der Waals surface area contributed by atoms with E-state index in [9.17, 15) is 9.59 Å². The van der Waals surface area contributed by atoms with Crippen LogP contribution in [0.4, 0.5) is 0 Å². The molecule has 2 N–H and O–H groups in total. The Hall–Kier alpha value is -1.10. The zero-order valence-corrected chi connectivity index (χ0v) is 10.8. The number of carbonyl (C=O) groups excluding carboxylic acids is 2. The smallest absolute Gasteiger partial charge is 0.307 e. The molecule has 2 unspecified atom stereocenters. The van der Waals surface area contributed by atoms with E-state index in [1.54, 1.807) is 0 Å². The predicted molar refractivity (Wildman–Crippen MR) is 64.4 cm³/mol. The molecule has 0 aromatic rings. The van der Waals surface area contributed by atoms with Crippen LogP contribution >= 0.6 is 0 Å². The normalized spacial score (nSPS) is 26.1. The molecule has 0 aromatic carbocycles. The minimum absolute atomic E-state index is 0.0149. The Morgan fingerprint density at radius 2 is 2.24 bits per heavy atom. The number of hydrogen-bond acceptors (Lipinski definition) is 4. The number of esters is 1. The highest BCUT2D eigenvalue weighted by Gasteiger charge is 2.35. The van der Waals surface area contributed by atoms with Crippen LogP contribution < -0.4 is 10.6 Å². The van der Waals surface area contributed by atoms with Crippen LogP contribution in [0.15, 0.2) is 0 Å². The maximum Gasteiger partial charge on any atom is 0.307 e. The van der Waals surface area contributed by atoms with Crippen LogP contribution in [0.1, 0.15) is 33.1 Å². The number of amides is 1. The third-order valence-electron chi connectivity index (χ3n) is 3.22. The standard InChI is InChI=1S/C12H22N2O3/c1-9(7-10(15)17-3)14-11(16)12(2)5-4-6-13-8-12/h9,13H,4-8H2,1-3H3,(H,14,16). The van der Waals surface area contributed by atoms with Gasteiger partial charge in [0.05, 0.1) is 18.9 Å². The summed E-state index contributed by atoms with van der Waals surface area (Å²) in [6.07, 6.45) is 2.11.